The number of nitrogens with zero attached hydrogens (tertiary/aromatic N) is 3. The Morgan fingerprint density at radius 2 is 1.93 bits per heavy atom. The van der Waals surface area contributed by atoms with Crippen LogP contribution in [0.15, 0.2) is 4.99 Å². The molecule has 0 aromatic rings. The van der Waals surface area contributed by atoms with Crippen molar-refractivity contribution in [1.29, 1.82) is 0 Å². The summed E-state index contributed by atoms with van der Waals surface area (Å²) in [5, 5.41) is 8.46. The fourth-order valence-electron chi connectivity index (χ4n) is 0.617. The second-order valence-corrected chi connectivity index (χ2v) is 3.11. The molecule has 0 fully saturated rings. The molecular formula is C8H15N3O3. The highest BCUT2D eigenvalue weighted by atomic mass is 16.4. The van der Waals surface area contributed by atoms with E-state index < -0.39 is 12.0 Å². The molecule has 80 valence electrons. The summed E-state index contributed by atoms with van der Waals surface area (Å²) in [6, 6.07) is 0. The lowest BCUT2D eigenvalue weighted by Crippen LogP contribution is -2.30. The molecule has 0 aliphatic heterocycles. The molecule has 14 heavy (non-hydrogen) atoms. The molecule has 0 aliphatic carbocycles. The first-order valence-corrected chi connectivity index (χ1v) is 4.07. The molecule has 0 atom stereocenters. The van der Waals surface area contributed by atoms with Crippen LogP contribution in [0.2, 0.25) is 0 Å². The Labute approximate surface area is 82.8 Å². The highest BCUT2D eigenvalue weighted by Crippen LogP contribution is 1.85. The first kappa shape index (κ1) is 12.6. The summed E-state index contributed by atoms with van der Waals surface area (Å²) in [7, 11) is 5.02. The summed E-state index contributed by atoms with van der Waals surface area (Å²) in [4.78, 5) is 27.7. The lowest BCUT2D eigenvalue weighted by atomic mass is 10.5. The molecule has 6 heteroatoms. The Bertz CT molecular complexity index is 238. The molecule has 0 aromatic heterocycles. The van der Waals surface area contributed by atoms with Crippen molar-refractivity contribution in [1.82, 2.24) is 9.80 Å². The van der Waals surface area contributed by atoms with Gasteiger partial charge >= 0.3 is 6.09 Å². The Morgan fingerprint density at radius 3 is 2.36 bits per heavy atom. The van der Waals surface area contributed by atoms with Crippen molar-refractivity contribution in [2.45, 2.75) is 0 Å². The van der Waals surface area contributed by atoms with Gasteiger partial charge in [-0.2, -0.15) is 0 Å². The van der Waals surface area contributed by atoms with Crippen molar-refractivity contribution in [3.8, 4) is 0 Å². The maximum atomic E-state index is 11.0. The number of carboxylic acid groups (broad SMARTS) is 1. The minimum atomic E-state index is -1.14. The summed E-state index contributed by atoms with van der Waals surface area (Å²) in [5.74, 6) is -0.461. The Kier molecular flexibility index (Phi) is 5.47. The van der Waals surface area contributed by atoms with Gasteiger partial charge in [-0.1, -0.05) is 0 Å². The summed E-state index contributed by atoms with van der Waals surface area (Å²) in [5.41, 5.74) is 0. The van der Waals surface area contributed by atoms with Crippen LogP contribution in [0.3, 0.4) is 0 Å². The highest BCUT2D eigenvalue weighted by molar-refractivity contribution is 5.88. The smallest absolute Gasteiger partial charge is 0.407 e. The number of carbonyl (C=O) groups excluding carboxylic acids is 1. The van der Waals surface area contributed by atoms with Gasteiger partial charge in [0, 0.05) is 19.8 Å². The van der Waals surface area contributed by atoms with E-state index in [0.717, 1.165) is 4.90 Å². The standard InChI is InChI=1S/C8H15N3O3/c1-10(2)5-4-9-7(12)6-11(3)8(13)14/h4H,5-6H2,1-3H3,(H,13,14)/b9-4+. The molecule has 6 nitrogen and oxygen atoms in total. The van der Waals surface area contributed by atoms with Gasteiger partial charge in [-0.15, -0.1) is 0 Å². The molecule has 0 bridgehead atoms. The SMILES string of the molecule is CN(C)C/C=N/C(=O)CN(C)C(=O)O. The third-order valence-electron chi connectivity index (χ3n) is 1.38. The zero-order valence-electron chi connectivity index (χ0n) is 8.60. The van der Waals surface area contributed by atoms with Gasteiger partial charge in [0.1, 0.15) is 6.54 Å². The number of rotatable bonds is 4. The average molecular weight is 201 g/mol. The van der Waals surface area contributed by atoms with Crippen LogP contribution in [0.1, 0.15) is 0 Å². The van der Waals surface area contributed by atoms with E-state index in [2.05, 4.69) is 4.99 Å². The Morgan fingerprint density at radius 1 is 1.36 bits per heavy atom. The van der Waals surface area contributed by atoms with Gasteiger partial charge in [0.05, 0.1) is 0 Å². The number of likely N-dealkylation sites (N-methyl/N-ethyl adjacent to an activating group) is 1. The average Bonchev–Trinajstić information content (AvgIpc) is 2.02. The lowest BCUT2D eigenvalue weighted by Gasteiger charge is -2.09. The van der Waals surface area contributed by atoms with Gasteiger partial charge in [0.15, 0.2) is 0 Å². The van der Waals surface area contributed by atoms with E-state index in [1.807, 2.05) is 19.0 Å². The van der Waals surface area contributed by atoms with Crippen LogP contribution < -0.4 is 0 Å². The maximum Gasteiger partial charge on any atom is 0.407 e. The van der Waals surface area contributed by atoms with Crippen molar-refractivity contribution in [3.05, 3.63) is 0 Å². The monoisotopic (exact) mass is 201 g/mol. The minimum absolute atomic E-state index is 0.209. The van der Waals surface area contributed by atoms with E-state index in [1.54, 1.807) is 0 Å². The topological polar surface area (TPSA) is 73.2 Å². The van der Waals surface area contributed by atoms with E-state index in [-0.39, 0.29) is 6.54 Å². The first-order chi connectivity index (χ1) is 6.43. The molecule has 1 N–H and O–H groups in total. The molecule has 0 aromatic carbocycles. The van der Waals surface area contributed by atoms with Crippen LogP contribution in [0.5, 0.6) is 0 Å². The van der Waals surface area contributed by atoms with Crippen LogP contribution in [-0.2, 0) is 4.79 Å². The van der Waals surface area contributed by atoms with Gasteiger partial charge in [-0.25, -0.2) is 9.79 Å². The van der Waals surface area contributed by atoms with Crippen molar-refractivity contribution >= 4 is 18.2 Å². The van der Waals surface area contributed by atoms with Crippen LogP contribution in [0, 0.1) is 0 Å². The molecule has 0 saturated carbocycles. The molecule has 0 saturated heterocycles. The molecule has 0 rings (SSSR count). The van der Waals surface area contributed by atoms with Crippen molar-refractivity contribution in [2.75, 3.05) is 34.2 Å². The predicted molar refractivity (Wildman–Crippen MR) is 52.7 cm³/mol. The number of carbonyl (C=O) groups is 2. The van der Waals surface area contributed by atoms with Gasteiger partial charge < -0.3 is 14.9 Å². The lowest BCUT2D eigenvalue weighted by molar-refractivity contribution is -0.118. The molecular weight excluding hydrogens is 186 g/mol. The first-order valence-electron chi connectivity index (χ1n) is 4.07. The van der Waals surface area contributed by atoms with Crippen LogP contribution >= 0.6 is 0 Å². The van der Waals surface area contributed by atoms with Gasteiger partial charge in [-0.05, 0) is 14.1 Å². The second-order valence-electron chi connectivity index (χ2n) is 3.11. The fraction of sp³-hybridized carbons (Fsp3) is 0.625. The zero-order chi connectivity index (χ0) is 11.1. The summed E-state index contributed by atoms with van der Waals surface area (Å²) in [6.45, 7) is 0.349. The Hall–Kier alpha value is -1.43. The number of hydrogen-bond acceptors (Lipinski definition) is 3. The number of aliphatic imine (C=N–C) groups is 1. The van der Waals surface area contributed by atoms with Crippen molar-refractivity contribution in [2.24, 2.45) is 4.99 Å². The van der Waals surface area contributed by atoms with E-state index >= 15 is 0 Å². The molecule has 0 spiro atoms. The van der Waals surface area contributed by atoms with E-state index in [1.165, 1.54) is 13.3 Å². The summed E-state index contributed by atoms with van der Waals surface area (Å²) in [6.07, 6.45) is 0.319. The highest BCUT2D eigenvalue weighted by Gasteiger charge is 2.08. The Balaban J connectivity index is 3.86. The van der Waals surface area contributed by atoms with Crippen molar-refractivity contribution < 1.29 is 14.7 Å². The van der Waals surface area contributed by atoms with Crippen LogP contribution in [0.25, 0.3) is 0 Å². The molecule has 0 heterocycles. The molecule has 0 unspecified atom stereocenters. The van der Waals surface area contributed by atoms with Gasteiger partial charge in [-0.3, -0.25) is 4.79 Å². The van der Waals surface area contributed by atoms with E-state index in [0.29, 0.717) is 6.54 Å². The zero-order valence-corrected chi connectivity index (χ0v) is 8.60. The minimum Gasteiger partial charge on any atom is -0.465 e. The third-order valence-corrected chi connectivity index (χ3v) is 1.38. The number of amides is 2. The summed E-state index contributed by atoms with van der Waals surface area (Å²) >= 11 is 0. The third kappa shape index (κ3) is 6.13. The second kappa shape index (κ2) is 6.09. The normalized spacial score (nSPS) is 10.9. The van der Waals surface area contributed by atoms with Crippen molar-refractivity contribution in [3.63, 3.8) is 0 Å². The quantitative estimate of drug-likeness (QED) is 0.637. The molecule has 0 radical (unpaired) electrons. The van der Waals surface area contributed by atoms with E-state index in [4.69, 9.17) is 5.11 Å². The maximum absolute atomic E-state index is 11.0. The predicted octanol–water partition coefficient (Wildman–Crippen LogP) is -0.245. The molecule has 0 aliphatic rings. The summed E-state index contributed by atoms with van der Waals surface area (Å²) < 4.78 is 0. The van der Waals surface area contributed by atoms with Gasteiger partial charge in [0.25, 0.3) is 5.91 Å². The van der Waals surface area contributed by atoms with Crippen LogP contribution in [0.4, 0.5) is 4.79 Å². The largest absolute Gasteiger partial charge is 0.465 e. The van der Waals surface area contributed by atoms with E-state index in [9.17, 15) is 9.59 Å². The molecule has 2 amide bonds. The fourth-order valence-corrected chi connectivity index (χ4v) is 0.617. The van der Waals surface area contributed by atoms with Gasteiger partial charge in [0.2, 0.25) is 0 Å². The number of hydrogen-bond donors (Lipinski definition) is 1. The van der Waals surface area contributed by atoms with Crippen LogP contribution in [-0.4, -0.2) is 67.4 Å².